The fraction of sp³-hybridized carbons (Fsp3) is 0.379. The molecule has 0 saturated heterocycles. The summed E-state index contributed by atoms with van der Waals surface area (Å²) in [5.41, 5.74) is 10.0. The quantitative estimate of drug-likeness (QED) is 0.401. The maximum absolute atomic E-state index is 2.45. The van der Waals surface area contributed by atoms with E-state index in [0.717, 1.165) is 5.92 Å². The van der Waals surface area contributed by atoms with Gasteiger partial charge in [0.15, 0.2) is 0 Å². The third-order valence-corrected chi connectivity index (χ3v) is 7.02. The van der Waals surface area contributed by atoms with Crippen molar-refractivity contribution in [2.24, 2.45) is 5.92 Å². The Kier molecular flexibility index (Phi) is 5.90. The van der Waals surface area contributed by atoms with Gasteiger partial charge in [0.05, 0.1) is 0 Å². The molecule has 0 bridgehead atoms. The zero-order valence-corrected chi connectivity index (χ0v) is 18.4. The zero-order valence-electron chi connectivity index (χ0n) is 18.4. The van der Waals surface area contributed by atoms with Crippen LogP contribution in [0.1, 0.15) is 79.2 Å². The standard InChI is InChI=1S/C29H34/c1-5-21(3)29(24-13-8-10-20(2)18-24)25-16-17-26(22(4)19-25)28-15-7-6-14-27(28)23-11-9-12-23/h6-8,10,13-19,21,23,29H,5,9,11-12H2,1-4H3. The second-order valence-corrected chi connectivity index (χ2v) is 9.07. The van der Waals surface area contributed by atoms with Crippen molar-refractivity contribution in [3.63, 3.8) is 0 Å². The average Bonchev–Trinajstić information content (AvgIpc) is 2.68. The second kappa shape index (κ2) is 8.57. The predicted molar refractivity (Wildman–Crippen MR) is 126 cm³/mol. The van der Waals surface area contributed by atoms with E-state index in [2.05, 4.69) is 94.4 Å². The monoisotopic (exact) mass is 382 g/mol. The molecule has 2 unspecified atom stereocenters. The summed E-state index contributed by atoms with van der Waals surface area (Å²) in [6.07, 6.45) is 5.25. The Bertz CT molecular complexity index is 977. The van der Waals surface area contributed by atoms with Crippen LogP contribution in [0, 0.1) is 19.8 Å². The van der Waals surface area contributed by atoms with Crippen LogP contribution in [0.3, 0.4) is 0 Å². The first-order chi connectivity index (χ1) is 14.1. The van der Waals surface area contributed by atoms with E-state index < -0.39 is 0 Å². The Morgan fingerprint density at radius 3 is 2.24 bits per heavy atom. The van der Waals surface area contributed by atoms with Crippen LogP contribution >= 0.6 is 0 Å². The first-order valence-corrected chi connectivity index (χ1v) is 11.3. The van der Waals surface area contributed by atoms with Gasteiger partial charge in [-0.3, -0.25) is 0 Å². The molecule has 0 N–H and O–H groups in total. The second-order valence-electron chi connectivity index (χ2n) is 9.07. The number of hydrogen-bond acceptors (Lipinski definition) is 0. The minimum Gasteiger partial charge on any atom is -0.0651 e. The molecule has 0 aliphatic heterocycles. The number of hydrogen-bond donors (Lipinski definition) is 0. The highest BCUT2D eigenvalue weighted by Gasteiger charge is 2.24. The summed E-state index contributed by atoms with van der Waals surface area (Å²) in [7, 11) is 0. The summed E-state index contributed by atoms with van der Waals surface area (Å²) in [6.45, 7) is 9.19. The summed E-state index contributed by atoms with van der Waals surface area (Å²) < 4.78 is 0. The molecule has 150 valence electrons. The third-order valence-electron chi connectivity index (χ3n) is 7.02. The molecule has 3 aromatic carbocycles. The minimum atomic E-state index is 0.453. The van der Waals surface area contributed by atoms with Gasteiger partial charge >= 0.3 is 0 Å². The highest BCUT2D eigenvalue weighted by molar-refractivity contribution is 5.72. The van der Waals surface area contributed by atoms with Gasteiger partial charge < -0.3 is 0 Å². The van der Waals surface area contributed by atoms with E-state index in [1.54, 1.807) is 5.56 Å². The van der Waals surface area contributed by atoms with Crippen LogP contribution in [0.15, 0.2) is 66.7 Å². The molecule has 1 aliphatic carbocycles. The molecule has 2 atom stereocenters. The third kappa shape index (κ3) is 4.04. The summed E-state index contributed by atoms with van der Waals surface area (Å²) in [5, 5.41) is 0. The molecule has 0 heterocycles. The number of benzene rings is 3. The van der Waals surface area contributed by atoms with Gasteiger partial charge in [-0.1, -0.05) is 99.0 Å². The molecule has 0 amide bonds. The van der Waals surface area contributed by atoms with Gasteiger partial charge in [-0.2, -0.15) is 0 Å². The van der Waals surface area contributed by atoms with Crippen LogP contribution < -0.4 is 0 Å². The Morgan fingerprint density at radius 2 is 1.59 bits per heavy atom. The molecule has 1 saturated carbocycles. The lowest BCUT2D eigenvalue weighted by molar-refractivity contribution is 0.420. The Hall–Kier alpha value is -2.34. The molecule has 0 nitrogen and oxygen atoms in total. The molecule has 1 aliphatic rings. The molecule has 0 heteroatoms. The first kappa shape index (κ1) is 20.0. The van der Waals surface area contributed by atoms with Crippen molar-refractivity contribution >= 4 is 0 Å². The molecule has 3 aromatic rings. The summed E-state index contributed by atoms with van der Waals surface area (Å²) in [4.78, 5) is 0. The first-order valence-electron chi connectivity index (χ1n) is 11.3. The largest absolute Gasteiger partial charge is 0.0651 e. The lowest BCUT2D eigenvalue weighted by atomic mass is 9.76. The zero-order chi connectivity index (χ0) is 20.4. The Balaban J connectivity index is 1.74. The minimum absolute atomic E-state index is 0.453. The van der Waals surface area contributed by atoms with Crippen LogP contribution in [0.5, 0.6) is 0 Å². The summed E-state index contributed by atoms with van der Waals surface area (Å²) >= 11 is 0. The van der Waals surface area contributed by atoms with E-state index >= 15 is 0 Å². The lowest BCUT2D eigenvalue weighted by Gasteiger charge is -2.29. The molecule has 0 spiro atoms. The lowest BCUT2D eigenvalue weighted by Crippen LogP contribution is -2.12. The molecular weight excluding hydrogens is 348 g/mol. The topological polar surface area (TPSA) is 0 Å². The van der Waals surface area contributed by atoms with Crippen LogP contribution in [-0.2, 0) is 0 Å². The number of aryl methyl sites for hydroxylation is 2. The van der Waals surface area contributed by atoms with Crippen molar-refractivity contribution < 1.29 is 0 Å². The maximum Gasteiger partial charge on any atom is 0.0115 e. The smallest absolute Gasteiger partial charge is 0.0115 e. The van der Waals surface area contributed by atoms with E-state index in [1.807, 2.05) is 0 Å². The maximum atomic E-state index is 2.45. The van der Waals surface area contributed by atoms with Crippen molar-refractivity contribution in [3.8, 4) is 11.1 Å². The molecule has 0 aromatic heterocycles. The van der Waals surface area contributed by atoms with E-state index in [4.69, 9.17) is 0 Å². The van der Waals surface area contributed by atoms with Crippen LogP contribution in [0.2, 0.25) is 0 Å². The molecule has 0 radical (unpaired) electrons. The van der Waals surface area contributed by atoms with E-state index in [9.17, 15) is 0 Å². The van der Waals surface area contributed by atoms with Gasteiger partial charge in [-0.25, -0.2) is 0 Å². The van der Waals surface area contributed by atoms with Crippen molar-refractivity contribution in [1.29, 1.82) is 0 Å². The van der Waals surface area contributed by atoms with Crippen molar-refractivity contribution in [1.82, 2.24) is 0 Å². The molecule has 4 rings (SSSR count). The fourth-order valence-corrected chi connectivity index (χ4v) is 4.95. The van der Waals surface area contributed by atoms with Crippen molar-refractivity contribution in [2.75, 3.05) is 0 Å². The van der Waals surface area contributed by atoms with E-state index in [1.165, 1.54) is 59.1 Å². The SMILES string of the molecule is CCC(C)C(c1cccc(C)c1)c1ccc(-c2ccccc2C2CCC2)c(C)c1. The van der Waals surface area contributed by atoms with E-state index in [-0.39, 0.29) is 0 Å². The Morgan fingerprint density at radius 1 is 0.828 bits per heavy atom. The van der Waals surface area contributed by atoms with Crippen molar-refractivity contribution in [3.05, 3.63) is 94.5 Å². The molecule has 29 heavy (non-hydrogen) atoms. The average molecular weight is 383 g/mol. The van der Waals surface area contributed by atoms with Crippen molar-refractivity contribution in [2.45, 2.75) is 65.2 Å². The van der Waals surface area contributed by atoms with Gasteiger partial charge in [-0.05, 0) is 71.9 Å². The molecule has 1 fully saturated rings. The fourth-order valence-electron chi connectivity index (χ4n) is 4.95. The summed E-state index contributed by atoms with van der Waals surface area (Å²) in [5.74, 6) is 1.82. The Labute approximate surface area is 177 Å². The normalized spacial score (nSPS) is 16.3. The van der Waals surface area contributed by atoms with Gasteiger partial charge in [0.1, 0.15) is 0 Å². The van der Waals surface area contributed by atoms with Crippen LogP contribution in [-0.4, -0.2) is 0 Å². The highest BCUT2D eigenvalue weighted by Crippen LogP contribution is 2.42. The van der Waals surface area contributed by atoms with Gasteiger partial charge in [0.2, 0.25) is 0 Å². The number of rotatable bonds is 6. The van der Waals surface area contributed by atoms with Gasteiger partial charge in [0.25, 0.3) is 0 Å². The van der Waals surface area contributed by atoms with Gasteiger partial charge in [0, 0.05) is 5.92 Å². The van der Waals surface area contributed by atoms with Gasteiger partial charge in [-0.15, -0.1) is 0 Å². The summed E-state index contributed by atoms with van der Waals surface area (Å²) in [6, 6.07) is 25.4. The highest BCUT2D eigenvalue weighted by atomic mass is 14.3. The van der Waals surface area contributed by atoms with Crippen LogP contribution in [0.25, 0.3) is 11.1 Å². The molecular formula is C29H34. The predicted octanol–water partition coefficient (Wildman–Crippen LogP) is 8.42. The van der Waals surface area contributed by atoms with E-state index in [0.29, 0.717) is 11.8 Å². The van der Waals surface area contributed by atoms with Crippen LogP contribution in [0.4, 0.5) is 0 Å².